The molecule has 0 N–H and O–H groups in total. The van der Waals surface area contributed by atoms with E-state index in [0.717, 1.165) is 16.9 Å². The van der Waals surface area contributed by atoms with Gasteiger partial charge in [-0.15, -0.1) is 0 Å². The van der Waals surface area contributed by atoms with E-state index < -0.39 is 0 Å². The standard InChI is InChI=1S/C15H14O3/c1-11(16)18-15-10-6-4-8-13(15)12-7-3-5-9-14(12)17-2/h3-10H,1-2H3. The van der Waals surface area contributed by atoms with E-state index in [1.807, 2.05) is 42.5 Å². The number of carbonyl (C=O) groups excluding carboxylic acids is 1. The lowest BCUT2D eigenvalue weighted by Crippen LogP contribution is -2.02. The van der Waals surface area contributed by atoms with Crippen LogP contribution in [0.4, 0.5) is 0 Å². The van der Waals surface area contributed by atoms with E-state index in [2.05, 4.69) is 0 Å². The van der Waals surface area contributed by atoms with Gasteiger partial charge in [-0.05, 0) is 12.1 Å². The van der Waals surface area contributed by atoms with Crippen LogP contribution in [0.5, 0.6) is 11.5 Å². The number of rotatable bonds is 3. The number of ether oxygens (including phenoxy) is 2. The maximum atomic E-state index is 11.1. The number of esters is 1. The molecule has 0 amide bonds. The third kappa shape index (κ3) is 2.51. The highest BCUT2D eigenvalue weighted by Gasteiger charge is 2.11. The maximum Gasteiger partial charge on any atom is 0.308 e. The van der Waals surface area contributed by atoms with Gasteiger partial charge in [0, 0.05) is 18.1 Å². The summed E-state index contributed by atoms with van der Waals surface area (Å²) in [5, 5.41) is 0. The van der Waals surface area contributed by atoms with Gasteiger partial charge in [-0.3, -0.25) is 4.79 Å². The second-order valence-corrected chi connectivity index (χ2v) is 3.79. The molecule has 0 atom stereocenters. The van der Waals surface area contributed by atoms with Crippen LogP contribution in [-0.4, -0.2) is 13.1 Å². The molecule has 0 heterocycles. The lowest BCUT2D eigenvalue weighted by molar-refractivity contribution is -0.131. The van der Waals surface area contributed by atoms with Crippen molar-refractivity contribution in [3.05, 3.63) is 48.5 Å². The molecule has 0 unspecified atom stereocenters. The Bertz CT molecular complexity index is 561. The molecule has 0 aliphatic carbocycles. The Morgan fingerprint density at radius 1 is 0.889 bits per heavy atom. The Labute approximate surface area is 106 Å². The first-order chi connectivity index (χ1) is 8.72. The zero-order valence-electron chi connectivity index (χ0n) is 10.3. The van der Waals surface area contributed by atoms with E-state index in [-0.39, 0.29) is 5.97 Å². The van der Waals surface area contributed by atoms with Crippen LogP contribution in [0.1, 0.15) is 6.92 Å². The summed E-state index contributed by atoms with van der Waals surface area (Å²) in [6.07, 6.45) is 0. The second kappa shape index (κ2) is 5.36. The summed E-state index contributed by atoms with van der Waals surface area (Å²) in [4.78, 5) is 11.1. The van der Waals surface area contributed by atoms with Crippen LogP contribution in [-0.2, 0) is 4.79 Å². The Balaban J connectivity index is 2.53. The molecule has 2 aromatic carbocycles. The summed E-state index contributed by atoms with van der Waals surface area (Å²) >= 11 is 0. The normalized spacial score (nSPS) is 9.89. The van der Waals surface area contributed by atoms with E-state index in [9.17, 15) is 4.79 Å². The van der Waals surface area contributed by atoms with Crippen molar-refractivity contribution in [3.8, 4) is 22.6 Å². The second-order valence-electron chi connectivity index (χ2n) is 3.79. The first kappa shape index (κ1) is 12.2. The third-order valence-corrected chi connectivity index (χ3v) is 2.54. The van der Waals surface area contributed by atoms with Crippen LogP contribution in [0.2, 0.25) is 0 Å². The summed E-state index contributed by atoms with van der Waals surface area (Å²) in [5.74, 6) is 0.948. The van der Waals surface area contributed by atoms with Crippen molar-refractivity contribution < 1.29 is 14.3 Å². The van der Waals surface area contributed by atoms with Crippen LogP contribution in [0.25, 0.3) is 11.1 Å². The average Bonchev–Trinajstić information content (AvgIpc) is 2.39. The Morgan fingerprint density at radius 2 is 1.39 bits per heavy atom. The Kier molecular flexibility index (Phi) is 3.63. The lowest BCUT2D eigenvalue weighted by atomic mass is 10.0. The zero-order chi connectivity index (χ0) is 13.0. The molecule has 0 aliphatic heterocycles. The van der Waals surface area contributed by atoms with Crippen molar-refractivity contribution in [2.45, 2.75) is 6.92 Å². The number of methoxy groups -OCH3 is 1. The average molecular weight is 242 g/mol. The fourth-order valence-corrected chi connectivity index (χ4v) is 1.80. The fraction of sp³-hybridized carbons (Fsp3) is 0.133. The molecule has 3 nitrogen and oxygen atoms in total. The van der Waals surface area contributed by atoms with Gasteiger partial charge in [-0.1, -0.05) is 36.4 Å². The van der Waals surface area contributed by atoms with Crippen LogP contribution in [0.3, 0.4) is 0 Å². The smallest absolute Gasteiger partial charge is 0.308 e. The number of hydrogen-bond acceptors (Lipinski definition) is 3. The molecule has 2 aromatic rings. The molecule has 0 saturated heterocycles. The van der Waals surface area contributed by atoms with Gasteiger partial charge in [0.2, 0.25) is 0 Å². The van der Waals surface area contributed by atoms with Gasteiger partial charge in [0.25, 0.3) is 0 Å². The predicted molar refractivity (Wildman–Crippen MR) is 69.7 cm³/mol. The quantitative estimate of drug-likeness (QED) is 0.612. The number of carbonyl (C=O) groups is 1. The van der Waals surface area contributed by atoms with Crippen molar-refractivity contribution in [3.63, 3.8) is 0 Å². The van der Waals surface area contributed by atoms with E-state index in [4.69, 9.17) is 9.47 Å². The van der Waals surface area contributed by atoms with Crippen molar-refractivity contribution in [2.75, 3.05) is 7.11 Å². The van der Waals surface area contributed by atoms with Gasteiger partial charge in [-0.25, -0.2) is 0 Å². The lowest BCUT2D eigenvalue weighted by Gasteiger charge is -2.12. The van der Waals surface area contributed by atoms with E-state index in [1.54, 1.807) is 13.2 Å². The Morgan fingerprint density at radius 3 is 1.94 bits per heavy atom. The highest BCUT2D eigenvalue weighted by Crippen LogP contribution is 2.35. The molecule has 2 rings (SSSR count). The minimum atomic E-state index is -0.336. The number of benzene rings is 2. The Hall–Kier alpha value is -2.29. The molecule has 0 spiro atoms. The van der Waals surface area contributed by atoms with Crippen molar-refractivity contribution in [1.29, 1.82) is 0 Å². The highest BCUT2D eigenvalue weighted by molar-refractivity contribution is 5.79. The van der Waals surface area contributed by atoms with Gasteiger partial charge in [-0.2, -0.15) is 0 Å². The topological polar surface area (TPSA) is 35.5 Å². The summed E-state index contributed by atoms with van der Waals surface area (Å²) in [5.41, 5.74) is 1.74. The van der Waals surface area contributed by atoms with E-state index in [1.165, 1.54) is 6.92 Å². The molecule has 0 saturated carbocycles. The molecular weight excluding hydrogens is 228 g/mol. The van der Waals surface area contributed by atoms with Crippen molar-refractivity contribution in [2.24, 2.45) is 0 Å². The maximum absolute atomic E-state index is 11.1. The highest BCUT2D eigenvalue weighted by atomic mass is 16.5. The minimum Gasteiger partial charge on any atom is -0.496 e. The number of hydrogen-bond donors (Lipinski definition) is 0. The first-order valence-electron chi connectivity index (χ1n) is 5.63. The molecule has 92 valence electrons. The monoisotopic (exact) mass is 242 g/mol. The summed E-state index contributed by atoms with van der Waals surface area (Å²) in [7, 11) is 1.62. The summed E-state index contributed by atoms with van der Waals surface area (Å²) in [6.45, 7) is 1.39. The van der Waals surface area contributed by atoms with Gasteiger partial charge >= 0.3 is 5.97 Å². The van der Waals surface area contributed by atoms with Crippen LogP contribution >= 0.6 is 0 Å². The SMILES string of the molecule is COc1ccccc1-c1ccccc1OC(C)=O. The molecule has 18 heavy (non-hydrogen) atoms. The molecule has 0 bridgehead atoms. The number of para-hydroxylation sites is 2. The third-order valence-electron chi connectivity index (χ3n) is 2.54. The summed E-state index contributed by atoms with van der Waals surface area (Å²) < 4.78 is 10.5. The minimum absolute atomic E-state index is 0.336. The van der Waals surface area contributed by atoms with Crippen LogP contribution in [0, 0.1) is 0 Å². The predicted octanol–water partition coefficient (Wildman–Crippen LogP) is 3.29. The van der Waals surface area contributed by atoms with Gasteiger partial charge in [0.05, 0.1) is 7.11 Å². The van der Waals surface area contributed by atoms with Gasteiger partial charge < -0.3 is 9.47 Å². The first-order valence-corrected chi connectivity index (χ1v) is 5.63. The molecule has 0 radical (unpaired) electrons. The van der Waals surface area contributed by atoms with E-state index >= 15 is 0 Å². The van der Waals surface area contributed by atoms with Crippen LogP contribution in [0.15, 0.2) is 48.5 Å². The molecule has 0 aliphatic rings. The summed E-state index contributed by atoms with van der Waals surface area (Å²) in [6, 6.07) is 15.0. The molecule has 3 heteroatoms. The largest absolute Gasteiger partial charge is 0.496 e. The van der Waals surface area contributed by atoms with Crippen LogP contribution < -0.4 is 9.47 Å². The van der Waals surface area contributed by atoms with Gasteiger partial charge in [0.1, 0.15) is 11.5 Å². The van der Waals surface area contributed by atoms with Crippen molar-refractivity contribution >= 4 is 5.97 Å². The molecule has 0 fully saturated rings. The zero-order valence-corrected chi connectivity index (χ0v) is 10.3. The van der Waals surface area contributed by atoms with Gasteiger partial charge in [0.15, 0.2) is 0 Å². The molecule has 0 aromatic heterocycles. The molecular formula is C15H14O3. The van der Waals surface area contributed by atoms with E-state index in [0.29, 0.717) is 5.75 Å². The van der Waals surface area contributed by atoms with Crippen molar-refractivity contribution in [1.82, 2.24) is 0 Å². The fourth-order valence-electron chi connectivity index (χ4n) is 1.80.